The van der Waals surface area contributed by atoms with Crippen LogP contribution in [0.25, 0.3) is 0 Å². The number of aromatic nitrogens is 3. The van der Waals surface area contributed by atoms with Crippen molar-refractivity contribution in [2.75, 3.05) is 11.1 Å². The van der Waals surface area contributed by atoms with Gasteiger partial charge in [0.2, 0.25) is 5.91 Å². The molecule has 1 atom stereocenters. The molecule has 0 spiro atoms. The van der Waals surface area contributed by atoms with Gasteiger partial charge in [-0.3, -0.25) is 9.59 Å². The average Bonchev–Trinajstić information content (AvgIpc) is 3.34. The fourth-order valence-electron chi connectivity index (χ4n) is 3.69. The minimum atomic E-state index is -0.687. The Balaban J connectivity index is 1.70. The Kier molecular flexibility index (Phi) is 9.45. The molecule has 0 bridgehead atoms. The molecule has 0 aliphatic heterocycles. The van der Waals surface area contributed by atoms with Crippen molar-refractivity contribution in [1.29, 1.82) is 0 Å². The molecule has 0 aliphatic rings. The first-order chi connectivity index (χ1) is 17.8. The van der Waals surface area contributed by atoms with Crippen molar-refractivity contribution >= 4 is 57.5 Å². The molecule has 0 fully saturated rings. The Bertz CT molecular complexity index is 1360. The van der Waals surface area contributed by atoms with Gasteiger partial charge in [-0.1, -0.05) is 23.4 Å². The molecule has 13 heteroatoms. The monoisotopic (exact) mass is 579 g/mol. The first-order valence-electron chi connectivity index (χ1n) is 11.7. The molecule has 3 N–H and O–H groups in total. The molecule has 0 saturated carbocycles. The van der Waals surface area contributed by atoms with Gasteiger partial charge < -0.3 is 25.1 Å². The van der Waals surface area contributed by atoms with Crippen LogP contribution in [-0.4, -0.2) is 44.4 Å². The van der Waals surface area contributed by atoms with Crippen LogP contribution in [0.3, 0.4) is 0 Å². The Hall–Kier alpha value is -3.09. The first kappa shape index (κ1) is 29.5. The van der Waals surface area contributed by atoms with Gasteiger partial charge in [0.25, 0.3) is 5.91 Å². The highest BCUT2D eigenvalue weighted by molar-refractivity contribution is 7.99. The Labute approximate surface area is 234 Å². The molecule has 3 rings (SSSR count). The quantitative estimate of drug-likeness (QED) is 0.253. The third-order valence-corrected chi connectivity index (χ3v) is 8.30. The second-order valence-corrected chi connectivity index (χ2v) is 11.3. The SMILES string of the molecule is Cc1cc(OC(C)c2nnc(SCC(=O)Nc3sc(C(N)=O)c(C)c3C(=O)OC(C)C)n2C)cc(C)c1Cl. The number of halogens is 1. The molecule has 2 amide bonds. The number of hydrogen-bond acceptors (Lipinski definition) is 9. The van der Waals surface area contributed by atoms with Gasteiger partial charge in [0.15, 0.2) is 17.1 Å². The van der Waals surface area contributed by atoms with E-state index in [4.69, 9.17) is 26.8 Å². The molecule has 1 unspecified atom stereocenters. The summed E-state index contributed by atoms with van der Waals surface area (Å²) in [6.07, 6.45) is -0.784. The summed E-state index contributed by atoms with van der Waals surface area (Å²) in [7, 11) is 1.79. The van der Waals surface area contributed by atoms with Gasteiger partial charge in [0, 0.05) is 12.1 Å². The minimum absolute atomic E-state index is 0.0156. The zero-order valence-corrected chi connectivity index (χ0v) is 24.6. The second kappa shape index (κ2) is 12.2. The highest BCUT2D eigenvalue weighted by Gasteiger charge is 2.27. The summed E-state index contributed by atoms with van der Waals surface area (Å²) in [6.45, 7) is 10.7. The van der Waals surface area contributed by atoms with E-state index in [1.165, 1.54) is 11.8 Å². The Morgan fingerprint density at radius 2 is 1.79 bits per heavy atom. The number of ether oxygens (including phenoxy) is 2. The third-order valence-electron chi connectivity index (χ3n) is 5.46. The normalized spacial score (nSPS) is 11.9. The molecule has 204 valence electrons. The topological polar surface area (TPSA) is 138 Å². The van der Waals surface area contributed by atoms with Gasteiger partial charge in [-0.2, -0.15) is 0 Å². The van der Waals surface area contributed by atoms with Crippen LogP contribution in [0.15, 0.2) is 17.3 Å². The predicted molar refractivity (Wildman–Crippen MR) is 148 cm³/mol. The number of aryl methyl sites for hydroxylation is 2. The van der Waals surface area contributed by atoms with Crippen LogP contribution in [0.4, 0.5) is 5.00 Å². The van der Waals surface area contributed by atoms with E-state index in [0.29, 0.717) is 27.3 Å². The number of hydrogen-bond donors (Lipinski definition) is 2. The smallest absolute Gasteiger partial charge is 0.341 e. The van der Waals surface area contributed by atoms with Crippen molar-refractivity contribution in [3.63, 3.8) is 0 Å². The van der Waals surface area contributed by atoms with Gasteiger partial charge in [-0.05, 0) is 70.4 Å². The molecule has 2 heterocycles. The molecule has 0 saturated heterocycles. The molecule has 38 heavy (non-hydrogen) atoms. The van der Waals surface area contributed by atoms with Crippen LogP contribution in [0.5, 0.6) is 5.75 Å². The van der Waals surface area contributed by atoms with E-state index in [1.807, 2.05) is 32.9 Å². The molecule has 2 aromatic heterocycles. The number of rotatable bonds is 10. The first-order valence-corrected chi connectivity index (χ1v) is 13.9. The van der Waals surface area contributed by atoms with E-state index < -0.39 is 23.9 Å². The average molecular weight is 580 g/mol. The number of carbonyl (C=O) groups excluding carboxylic acids is 3. The second-order valence-electron chi connectivity index (χ2n) is 8.95. The molecule has 1 aromatic carbocycles. The van der Waals surface area contributed by atoms with Gasteiger partial charge in [0.05, 0.1) is 22.3 Å². The zero-order chi connectivity index (χ0) is 28.3. The molecule has 0 radical (unpaired) electrons. The highest BCUT2D eigenvalue weighted by atomic mass is 35.5. The summed E-state index contributed by atoms with van der Waals surface area (Å²) in [6, 6.07) is 3.73. The van der Waals surface area contributed by atoms with E-state index in [2.05, 4.69) is 15.5 Å². The molecule has 0 aliphatic carbocycles. The molecule has 3 aromatic rings. The third kappa shape index (κ3) is 6.66. The lowest BCUT2D eigenvalue weighted by Crippen LogP contribution is -2.18. The van der Waals surface area contributed by atoms with Crippen LogP contribution in [0.2, 0.25) is 5.02 Å². The summed E-state index contributed by atoms with van der Waals surface area (Å²) in [5.41, 5.74) is 7.77. The lowest BCUT2D eigenvalue weighted by Gasteiger charge is -2.16. The Morgan fingerprint density at radius 1 is 1.16 bits per heavy atom. The van der Waals surface area contributed by atoms with E-state index >= 15 is 0 Å². The van der Waals surface area contributed by atoms with Crippen molar-refractivity contribution < 1.29 is 23.9 Å². The van der Waals surface area contributed by atoms with Crippen molar-refractivity contribution in [2.45, 2.75) is 58.9 Å². The fourth-order valence-corrected chi connectivity index (χ4v) is 5.58. The Morgan fingerprint density at radius 3 is 2.37 bits per heavy atom. The number of carbonyl (C=O) groups is 3. The lowest BCUT2D eigenvalue weighted by atomic mass is 10.1. The van der Waals surface area contributed by atoms with Gasteiger partial charge in [-0.25, -0.2) is 4.79 Å². The summed E-state index contributed by atoms with van der Waals surface area (Å²) < 4.78 is 13.1. The van der Waals surface area contributed by atoms with Gasteiger partial charge in [0.1, 0.15) is 10.8 Å². The number of primary amides is 1. The van der Waals surface area contributed by atoms with Gasteiger partial charge >= 0.3 is 5.97 Å². The molecular formula is C25H30ClN5O5S2. The van der Waals surface area contributed by atoms with Crippen molar-refractivity contribution in [1.82, 2.24) is 14.8 Å². The maximum Gasteiger partial charge on any atom is 0.341 e. The number of nitrogens with two attached hydrogens (primary N) is 1. The van der Waals surface area contributed by atoms with E-state index in [-0.39, 0.29) is 27.3 Å². The maximum atomic E-state index is 12.8. The number of anilines is 1. The number of esters is 1. The van der Waals surface area contributed by atoms with Gasteiger partial charge in [-0.15, -0.1) is 21.5 Å². The summed E-state index contributed by atoms with van der Waals surface area (Å²) in [5.74, 6) is -0.487. The minimum Gasteiger partial charge on any atom is -0.483 e. The van der Waals surface area contributed by atoms with Crippen LogP contribution in [0.1, 0.15) is 69.4 Å². The number of nitrogens with one attached hydrogen (secondary N) is 1. The largest absolute Gasteiger partial charge is 0.483 e. The number of thioether (sulfide) groups is 1. The highest BCUT2D eigenvalue weighted by Crippen LogP contribution is 2.34. The van der Waals surface area contributed by atoms with Crippen LogP contribution in [-0.2, 0) is 16.6 Å². The number of benzene rings is 1. The summed E-state index contributed by atoms with van der Waals surface area (Å²) >= 11 is 8.36. The fraction of sp³-hybridized carbons (Fsp3) is 0.400. The molecule has 10 nitrogen and oxygen atoms in total. The van der Waals surface area contributed by atoms with E-state index in [1.54, 1.807) is 32.4 Å². The van der Waals surface area contributed by atoms with E-state index in [9.17, 15) is 14.4 Å². The number of thiophene rings is 1. The van der Waals surface area contributed by atoms with Crippen LogP contribution < -0.4 is 15.8 Å². The lowest BCUT2D eigenvalue weighted by molar-refractivity contribution is -0.113. The standard InChI is InChI=1S/C25H30ClN5O5S2/c1-11(2)35-24(34)18-14(5)20(21(27)33)38-23(18)28-17(32)10-37-25-30-29-22(31(25)7)15(6)36-16-8-12(3)19(26)13(4)9-16/h8-9,11,15H,10H2,1-7H3,(H2,27,33)(H,28,32). The summed E-state index contributed by atoms with van der Waals surface area (Å²) in [4.78, 5) is 37.4. The molecular weight excluding hydrogens is 550 g/mol. The van der Waals surface area contributed by atoms with Crippen molar-refractivity contribution in [2.24, 2.45) is 12.8 Å². The van der Waals surface area contributed by atoms with Crippen molar-refractivity contribution in [3.8, 4) is 5.75 Å². The zero-order valence-electron chi connectivity index (χ0n) is 22.2. The van der Waals surface area contributed by atoms with E-state index in [0.717, 1.165) is 22.5 Å². The number of nitrogens with zero attached hydrogens (tertiary/aromatic N) is 3. The predicted octanol–water partition coefficient (Wildman–Crippen LogP) is 4.99. The van der Waals surface area contributed by atoms with Crippen LogP contribution >= 0.6 is 34.7 Å². The summed E-state index contributed by atoms with van der Waals surface area (Å²) in [5, 5.41) is 12.5. The maximum absolute atomic E-state index is 12.8. The number of amides is 2. The van der Waals surface area contributed by atoms with Crippen LogP contribution in [0, 0.1) is 20.8 Å². The van der Waals surface area contributed by atoms with Crippen molar-refractivity contribution in [3.05, 3.63) is 50.1 Å².